The lowest BCUT2D eigenvalue weighted by Crippen LogP contribution is -2.45. The molecule has 198 valence electrons. The highest BCUT2D eigenvalue weighted by molar-refractivity contribution is 6.33. The number of ether oxygens (including phenoxy) is 3. The van der Waals surface area contributed by atoms with Gasteiger partial charge in [0.05, 0.1) is 60.3 Å². The average Bonchev–Trinajstić information content (AvgIpc) is 2.91. The van der Waals surface area contributed by atoms with E-state index in [2.05, 4.69) is 11.0 Å². The second kappa shape index (κ2) is 11.2. The van der Waals surface area contributed by atoms with Gasteiger partial charge in [0, 0.05) is 18.8 Å². The molecular weight excluding hydrogens is 508 g/mol. The number of allylic oxidation sites excluding steroid dienone is 1. The Balaban J connectivity index is 1.91. The molecule has 2 aliphatic heterocycles. The lowest BCUT2D eigenvalue weighted by molar-refractivity contribution is -0.139. The minimum Gasteiger partial charge on any atom is -0.466 e. The summed E-state index contributed by atoms with van der Waals surface area (Å²) in [6, 6.07) is 16.2. The van der Waals surface area contributed by atoms with Crippen molar-refractivity contribution in [2.45, 2.75) is 32.0 Å². The van der Waals surface area contributed by atoms with E-state index in [-0.39, 0.29) is 34.9 Å². The molecule has 9 nitrogen and oxygen atoms in total. The number of nitrogens with zero attached hydrogens (tertiary/aromatic N) is 3. The Morgan fingerprint density at radius 3 is 2.24 bits per heavy atom. The summed E-state index contributed by atoms with van der Waals surface area (Å²) in [5.74, 6) is -2.57. The number of nitrogens with two attached hydrogens (primary N) is 1. The molecule has 4 rings (SSSR count). The van der Waals surface area contributed by atoms with Gasteiger partial charge in [0.25, 0.3) is 0 Å². The van der Waals surface area contributed by atoms with Gasteiger partial charge in [0.15, 0.2) is 0 Å². The topological polar surface area (TPSA) is 118 Å². The molecule has 3 unspecified atom stereocenters. The summed E-state index contributed by atoms with van der Waals surface area (Å²) < 4.78 is 16.0. The second-order valence-electron chi connectivity index (χ2n) is 9.13. The summed E-state index contributed by atoms with van der Waals surface area (Å²) >= 11 is 6.75. The SMILES string of the molecule is COC(=O)C1=C(C(=O)OC)N(c2ccc(N3CC(C)OC(C)C3)c(Cl)c2)C(N)=C(C#N)C1c1ccccc1. The third-order valence-electron chi connectivity index (χ3n) is 6.56. The third kappa shape index (κ3) is 4.93. The van der Waals surface area contributed by atoms with Gasteiger partial charge in [-0.15, -0.1) is 0 Å². The Bertz CT molecular complexity index is 1340. The van der Waals surface area contributed by atoms with E-state index in [4.69, 9.17) is 31.5 Å². The fraction of sp³-hybridized carbons (Fsp3) is 0.321. The number of hydrogen-bond acceptors (Lipinski definition) is 9. The molecule has 2 aliphatic rings. The predicted molar refractivity (Wildman–Crippen MR) is 143 cm³/mol. The smallest absolute Gasteiger partial charge is 0.355 e. The van der Waals surface area contributed by atoms with Gasteiger partial charge >= 0.3 is 11.9 Å². The number of nitriles is 1. The Morgan fingerprint density at radius 1 is 1.05 bits per heavy atom. The zero-order chi connectivity index (χ0) is 27.6. The van der Waals surface area contributed by atoms with Crippen molar-refractivity contribution in [1.29, 1.82) is 5.26 Å². The van der Waals surface area contributed by atoms with E-state index in [9.17, 15) is 14.9 Å². The largest absolute Gasteiger partial charge is 0.466 e. The van der Waals surface area contributed by atoms with Gasteiger partial charge in [0.1, 0.15) is 11.5 Å². The number of anilines is 2. The van der Waals surface area contributed by atoms with Crippen molar-refractivity contribution >= 4 is 34.9 Å². The van der Waals surface area contributed by atoms with Crippen molar-refractivity contribution in [2.75, 3.05) is 37.1 Å². The first-order valence-electron chi connectivity index (χ1n) is 12.1. The van der Waals surface area contributed by atoms with Crippen LogP contribution >= 0.6 is 11.6 Å². The number of halogens is 1. The van der Waals surface area contributed by atoms with Crippen molar-refractivity contribution in [3.05, 3.63) is 81.8 Å². The predicted octanol–water partition coefficient (Wildman–Crippen LogP) is 3.85. The standard InChI is InChI=1S/C28H29ClN4O5/c1-16-14-32(15-17(2)38-16)22-11-10-19(12-21(22)29)33-25(28(35)37-4)24(27(34)36-3)23(20(13-30)26(33)31)18-8-6-5-7-9-18/h5-12,16-17,23H,14-15,31H2,1-4H3. The maximum Gasteiger partial charge on any atom is 0.355 e. The Hall–Kier alpha value is -4.00. The van der Waals surface area contributed by atoms with Gasteiger partial charge < -0.3 is 24.8 Å². The van der Waals surface area contributed by atoms with Crippen LogP contribution in [0.2, 0.25) is 5.02 Å². The molecule has 0 aromatic heterocycles. The molecule has 3 atom stereocenters. The van der Waals surface area contributed by atoms with E-state index >= 15 is 0 Å². The van der Waals surface area contributed by atoms with Crippen LogP contribution in [0.3, 0.4) is 0 Å². The van der Waals surface area contributed by atoms with Gasteiger partial charge in [0.2, 0.25) is 0 Å². The average molecular weight is 537 g/mol. The third-order valence-corrected chi connectivity index (χ3v) is 6.86. The fourth-order valence-electron chi connectivity index (χ4n) is 5.05. The van der Waals surface area contributed by atoms with Crippen LogP contribution in [-0.4, -0.2) is 51.5 Å². The number of rotatable bonds is 5. The van der Waals surface area contributed by atoms with Crippen LogP contribution < -0.4 is 15.5 Å². The summed E-state index contributed by atoms with van der Waals surface area (Å²) in [7, 11) is 2.41. The van der Waals surface area contributed by atoms with Crippen molar-refractivity contribution in [3.63, 3.8) is 0 Å². The lowest BCUT2D eigenvalue weighted by Gasteiger charge is -2.38. The van der Waals surface area contributed by atoms with Crippen molar-refractivity contribution in [3.8, 4) is 6.07 Å². The highest BCUT2D eigenvalue weighted by atomic mass is 35.5. The first kappa shape index (κ1) is 27.0. The summed E-state index contributed by atoms with van der Waals surface area (Å²) in [5.41, 5.74) is 8.20. The van der Waals surface area contributed by atoms with Gasteiger partial charge in [-0.1, -0.05) is 41.9 Å². The molecule has 38 heavy (non-hydrogen) atoms. The number of morpholine rings is 1. The number of carbonyl (C=O) groups is 2. The molecule has 0 saturated carbocycles. The molecule has 2 N–H and O–H groups in total. The Kier molecular flexibility index (Phi) is 7.95. The van der Waals surface area contributed by atoms with E-state index in [1.165, 1.54) is 19.1 Å². The number of esters is 2. The zero-order valence-corrected chi connectivity index (χ0v) is 22.4. The first-order valence-corrected chi connectivity index (χ1v) is 12.4. The minimum atomic E-state index is -0.940. The molecule has 0 aliphatic carbocycles. The highest BCUT2D eigenvalue weighted by Gasteiger charge is 2.43. The fourth-order valence-corrected chi connectivity index (χ4v) is 5.34. The monoisotopic (exact) mass is 536 g/mol. The summed E-state index contributed by atoms with van der Waals surface area (Å²) in [6.07, 6.45) is 0.0551. The molecule has 0 amide bonds. The lowest BCUT2D eigenvalue weighted by atomic mass is 9.81. The van der Waals surface area contributed by atoms with Crippen molar-refractivity contribution in [1.82, 2.24) is 0 Å². The van der Waals surface area contributed by atoms with Crippen LogP contribution in [0.25, 0.3) is 0 Å². The Labute approximate surface area is 226 Å². The van der Waals surface area contributed by atoms with E-state index in [1.807, 2.05) is 19.9 Å². The molecular formula is C28H29ClN4O5. The first-order chi connectivity index (χ1) is 18.2. The van der Waals surface area contributed by atoms with Crippen LogP contribution in [-0.2, 0) is 23.8 Å². The maximum absolute atomic E-state index is 13.2. The number of carbonyl (C=O) groups excluding carboxylic acids is 2. The van der Waals surface area contributed by atoms with Crippen LogP contribution in [0.15, 0.2) is 71.2 Å². The molecule has 2 aromatic rings. The quantitative estimate of drug-likeness (QED) is 0.568. The molecule has 2 heterocycles. The van der Waals surface area contributed by atoms with Crippen LogP contribution in [0, 0.1) is 11.3 Å². The molecule has 1 fully saturated rings. The molecule has 0 spiro atoms. The van der Waals surface area contributed by atoms with Gasteiger partial charge in [-0.05, 0) is 37.6 Å². The zero-order valence-electron chi connectivity index (χ0n) is 21.6. The normalized spacial score (nSPS) is 21.7. The van der Waals surface area contributed by atoms with Crippen molar-refractivity contribution < 1.29 is 23.8 Å². The molecule has 0 bridgehead atoms. The second-order valence-corrected chi connectivity index (χ2v) is 9.54. The van der Waals surface area contributed by atoms with E-state index in [1.54, 1.807) is 42.5 Å². The molecule has 0 radical (unpaired) electrons. The summed E-state index contributed by atoms with van der Waals surface area (Å²) in [4.78, 5) is 29.9. The van der Waals surface area contributed by atoms with E-state index in [0.29, 0.717) is 29.4 Å². The van der Waals surface area contributed by atoms with Gasteiger partial charge in [-0.2, -0.15) is 5.26 Å². The van der Waals surface area contributed by atoms with Crippen molar-refractivity contribution in [2.24, 2.45) is 5.73 Å². The van der Waals surface area contributed by atoms with Gasteiger partial charge in [-0.25, -0.2) is 9.59 Å². The number of benzene rings is 2. The minimum absolute atomic E-state index is 0.0214. The molecule has 1 saturated heterocycles. The van der Waals surface area contributed by atoms with Crippen LogP contribution in [0.5, 0.6) is 0 Å². The van der Waals surface area contributed by atoms with Crippen LogP contribution in [0.4, 0.5) is 11.4 Å². The summed E-state index contributed by atoms with van der Waals surface area (Å²) in [5, 5.41) is 10.6. The van der Waals surface area contributed by atoms with Crippen LogP contribution in [0.1, 0.15) is 25.3 Å². The molecule has 10 heteroatoms. The van der Waals surface area contributed by atoms with Gasteiger partial charge in [-0.3, -0.25) is 4.90 Å². The number of methoxy groups -OCH3 is 2. The van der Waals surface area contributed by atoms with E-state index in [0.717, 1.165) is 5.69 Å². The maximum atomic E-state index is 13.2. The molecule has 2 aromatic carbocycles. The summed E-state index contributed by atoms with van der Waals surface area (Å²) in [6.45, 7) is 5.32. The highest BCUT2D eigenvalue weighted by Crippen LogP contribution is 2.44. The number of hydrogen-bond donors (Lipinski definition) is 1. The van der Waals surface area contributed by atoms with E-state index < -0.39 is 17.9 Å². The Morgan fingerprint density at radius 2 is 1.68 bits per heavy atom.